The van der Waals surface area contributed by atoms with Gasteiger partial charge in [0.05, 0.1) is 11.3 Å². The Bertz CT molecular complexity index is 1590. The van der Waals surface area contributed by atoms with Gasteiger partial charge in [0.15, 0.2) is 0 Å². The minimum Gasteiger partial charge on any atom is -0.478 e. The number of thiophene rings is 2. The van der Waals surface area contributed by atoms with E-state index in [9.17, 15) is 24.3 Å². The van der Waals surface area contributed by atoms with Crippen LogP contribution in [0, 0.1) is 0 Å². The Balaban J connectivity index is 1.19. The Labute approximate surface area is 237 Å². The lowest BCUT2D eigenvalue weighted by molar-refractivity contribution is -0.131. The van der Waals surface area contributed by atoms with Crippen LogP contribution in [0.3, 0.4) is 0 Å². The van der Waals surface area contributed by atoms with Gasteiger partial charge in [-0.25, -0.2) is 9.59 Å². The van der Waals surface area contributed by atoms with Crippen molar-refractivity contribution in [3.63, 3.8) is 0 Å². The van der Waals surface area contributed by atoms with Gasteiger partial charge in [-0.05, 0) is 28.6 Å². The maximum absolute atomic E-state index is 13.4. The molecule has 0 saturated heterocycles. The van der Waals surface area contributed by atoms with Crippen molar-refractivity contribution < 1.29 is 24.3 Å². The number of carbonyl (C=O) groups is 4. The van der Waals surface area contributed by atoms with E-state index in [4.69, 9.17) is 0 Å². The number of carboxylic acids is 1. The van der Waals surface area contributed by atoms with Crippen molar-refractivity contribution in [2.24, 2.45) is 0 Å². The molecule has 0 fully saturated rings. The molecule has 4 amide bonds. The fourth-order valence-corrected chi connectivity index (χ4v) is 5.92. The number of benzene rings is 2. The van der Waals surface area contributed by atoms with Gasteiger partial charge < -0.3 is 21.1 Å². The van der Waals surface area contributed by atoms with Crippen LogP contribution in [0.4, 0.5) is 16.2 Å². The van der Waals surface area contributed by atoms with Gasteiger partial charge in [0.25, 0.3) is 5.91 Å². The molecular weight excluding hydrogens is 548 g/mol. The predicted molar refractivity (Wildman–Crippen MR) is 156 cm³/mol. The maximum atomic E-state index is 13.4. The summed E-state index contributed by atoms with van der Waals surface area (Å²) < 4.78 is 0. The van der Waals surface area contributed by atoms with Crippen LogP contribution in [-0.4, -0.2) is 35.5 Å². The highest BCUT2D eigenvalue weighted by atomic mass is 32.1. The number of carboxylic acid groups (broad SMARTS) is 1. The third-order valence-electron chi connectivity index (χ3n) is 6.22. The quantitative estimate of drug-likeness (QED) is 0.223. The van der Waals surface area contributed by atoms with Crippen molar-refractivity contribution >= 4 is 63.4 Å². The zero-order valence-corrected chi connectivity index (χ0v) is 22.7. The van der Waals surface area contributed by atoms with Gasteiger partial charge in [-0.1, -0.05) is 42.5 Å². The summed E-state index contributed by atoms with van der Waals surface area (Å²) >= 11 is 2.64. The van der Waals surface area contributed by atoms with Gasteiger partial charge in [-0.2, -0.15) is 11.3 Å². The minimum absolute atomic E-state index is 0.223. The second kappa shape index (κ2) is 12.0. The molecule has 4 aromatic rings. The van der Waals surface area contributed by atoms with Gasteiger partial charge in [0, 0.05) is 57.7 Å². The van der Waals surface area contributed by atoms with E-state index in [2.05, 4.69) is 16.0 Å². The molecule has 2 aromatic heterocycles. The smallest absolute Gasteiger partial charge is 0.328 e. The summed E-state index contributed by atoms with van der Waals surface area (Å²) in [7, 11) is 0. The average Bonchev–Trinajstić information content (AvgIpc) is 3.62. The molecule has 1 aliphatic heterocycles. The fraction of sp³-hybridized carbons (Fsp3) is 0.103. The largest absolute Gasteiger partial charge is 0.478 e. The van der Waals surface area contributed by atoms with Gasteiger partial charge in [0.2, 0.25) is 5.91 Å². The number of hydrogen-bond donors (Lipinski definition) is 4. The normalized spacial score (nSPS) is 13.2. The van der Waals surface area contributed by atoms with E-state index >= 15 is 0 Å². The molecule has 4 N–H and O–H groups in total. The highest BCUT2D eigenvalue weighted by Gasteiger charge is 2.32. The summed E-state index contributed by atoms with van der Waals surface area (Å²) in [5.41, 5.74) is 4.87. The van der Waals surface area contributed by atoms with Crippen LogP contribution in [0.15, 0.2) is 82.2 Å². The number of aliphatic carboxylic acids is 1. The third kappa shape index (κ3) is 6.11. The lowest BCUT2D eigenvalue weighted by atomic mass is 10.00. The predicted octanol–water partition coefficient (Wildman–Crippen LogP) is 4.92. The fourth-order valence-electron chi connectivity index (χ4n) is 4.27. The lowest BCUT2D eigenvalue weighted by Crippen LogP contribution is -2.40. The Kier molecular flexibility index (Phi) is 8.04. The second-order valence-corrected chi connectivity index (χ2v) is 10.4. The molecule has 9 nitrogen and oxygen atoms in total. The van der Waals surface area contributed by atoms with Gasteiger partial charge in [0.1, 0.15) is 6.54 Å². The molecule has 202 valence electrons. The summed E-state index contributed by atoms with van der Waals surface area (Å²) in [4.78, 5) is 51.4. The number of nitrogens with zero attached hydrogens (tertiary/aromatic N) is 1. The van der Waals surface area contributed by atoms with Crippen molar-refractivity contribution in [3.05, 3.63) is 110 Å². The van der Waals surface area contributed by atoms with E-state index in [0.29, 0.717) is 40.2 Å². The monoisotopic (exact) mass is 572 g/mol. The topological polar surface area (TPSA) is 128 Å². The molecule has 2 aromatic carbocycles. The molecule has 0 unspecified atom stereocenters. The number of hydrogen-bond acceptors (Lipinski definition) is 6. The first kappa shape index (κ1) is 26.9. The summed E-state index contributed by atoms with van der Waals surface area (Å²) in [5.74, 6) is -1.84. The highest BCUT2D eigenvalue weighted by Crippen LogP contribution is 2.41. The van der Waals surface area contributed by atoms with Crippen molar-refractivity contribution in [2.45, 2.75) is 13.1 Å². The number of amides is 4. The maximum Gasteiger partial charge on any atom is 0.328 e. The standard InChI is InChI=1S/C29H24N4O5S2/c34-26(30-11-19-6-8-20(9-7-19)32-29(38)31-12-18-4-2-1-3-5-18)13-33-25-17-40-15-23(25)21(10-27(35)36)22-14-39-16-24(22)28(33)37/h1-10,14-17H,11-13H2,(H,30,34)(H,35,36)(H2,31,32,38). The van der Waals surface area contributed by atoms with E-state index < -0.39 is 5.97 Å². The number of rotatable bonds is 8. The number of nitrogens with one attached hydrogen (secondary N) is 3. The van der Waals surface area contributed by atoms with E-state index in [-0.39, 0.29) is 30.9 Å². The molecule has 1 aliphatic rings. The molecule has 0 bridgehead atoms. The van der Waals surface area contributed by atoms with Crippen molar-refractivity contribution in [1.29, 1.82) is 0 Å². The SMILES string of the molecule is O=C(O)C=C1c2cscc2C(=O)N(CC(=O)NCc2ccc(NC(=O)NCc3ccccc3)cc2)c2cscc21. The average molecular weight is 573 g/mol. The van der Waals surface area contributed by atoms with Crippen LogP contribution in [0.25, 0.3) is 5.57 Å². The minimum atomic E-state index is -1.11. The Hall–Kier alpha value is -4.74. The Morgan fingerprint density at radius 3 is 2.20 bits per heavy atom. The van der Waals surface area contributed by atoms with Gasteiger partial charge in [-0.15, -0.1) is 11.3 Å². The first-order valence-corrected chi connectivity index (χ1v) is 14.1. The summed E-state index contributed by atoms with van der Waals surface area (Å²) in [5, 5.41) is 24.8. The molecular formula is C29H24N4O5S2. The van der Waals surface area contributed by atoms with Gasteiger partial charge in [-0.3, -0.25) is 14.5 Å². The van der Waals surface area contributed by atoms with Crippen LogP contribution in [0.1, 0.15) is 32.6 Å². The summed E-state index contributed by atoms with van der Waals surface area (Å²) in [6, 6.07) is 16.3. The molecule has 0 aliphatic carbocycles. The van der Waals surface area contributed by atoms with E-state index in [0.717, 1.165) is 17.2 Å². The summed E-state index contributed by atoms with van der Waals surface area (Å²) in [6.07, 6.45) is 1.10. The zero-order valence-electron chi connectivity index (χ0n) is 21.0. The first-order valence-electron chi connectivity index (χ1n) is 12.2. The molecule has 11 heteroatoms. The second-order valence-electron chi connectivity index (χ2n) is 8.92. The number of urea groups is 1. The van der Waals surface area contributed by atoms with Crippen molar-refractivity contribution in [1.82, 2.24) is 10.6 Å². The van der Waals surface area contributed by atoms with Crippen molar-refractivity contribution in [2.75, 3.05) is 16.8 Å². The number of fused-ring (bicyclic) bond motifs is 2. The molecule has 3 heterocycles. The Morgan fingerprint density at radius 1 is 0.800 bits per heavy atom. The first-order chi connectivity index (χ1) is 19.4. The molecule has 0 spiro atoms. The van der Waals surface area contributed by atoms with E-state index in [1.165, 1.54) is 27.6 Å². The van der Waals surface area contributed by atoms with Crippen LogP contribution < -0.4 is 20.9 Å². The molecule has 0 saturated carbocycles. The third-order valence-corrected chi connectivity index (χ3v) is 7.69. The van der Waals surface area contributed by atoms with Crippen LogP contribution in [-0.2, 0) is 22.7 Å². The molecule has 0 atom stereocenters. The van der Waals surface area contributed by atoms with Crippen LogP contribution in [0.5, 0.6) is 0 Å². The number of anilines is 2. The molecule has 0 radical (unpaired) electrons. The van der Waals surface area contributed by atoms with E-state index in [1.807, 2.05) is 30.3 Å². The lowest BCUT2D eigenvalue weighted by Gasteiger charge is -2.20. The zero-order chi connectivity index (χ0) is 28.1. The Morgan fingerprint density at radius 2 is 1.45 bits per heavy atom. The van der Waals surface area contributed by atoms with E-state index in [1.54, 1.807) is 45.8 Å². The van der Waals surface area contributed by atoms with Crippen LogP contribution >= 0.6 is 22.7 Å². The number of carbonyl (C=O) groups excluding carboxylic acids is 3. The summed E-state index contributed by atoms with van der Waals surface area (Å²) in [6.45, 7) is 0.416. The van der Waals surface area contributed by atoms with Crippen LogP contribution in [0.2, 0.25) is 0 Å². The highest BCUT2D eigenvalue weighted by molar-refractivity contribution is 7.09. The molecule has 5 rings (SSSR count). The van der Waals surface area contributed by atoms with Gasteiger partial charge >= 0.3 is 12.0 Å². The van der Waals surface area contributed by atoms with Crippen molar-refractivity contribution in [3.8, 4) is 0 Å². The molecule has 40 heavy (non-hydrogen) atoms.